The summed E-state index contributed by atoms with van der Waals surface area (Å²) in [5, 5.41) is 9.23. The molecule has 0 heterocycles. The van der Waals surface area contributed by atoms with E-state index in [0.717, 1.165) is 12.1 Å². The van der Waals surface area contributed by atoms with E-state index in [1.165, 1.54) is 0 Å². The van der Waals surface area contributed by atoms with Crippen molar-refractivity contribution >= 4 is 21.7 Å². The number of rotatable bonds is 3. The van der Waals surface area contributed by atoms with Gasteiger partial charge in [0.1, 0.15) is 17.6 Å². The predicted molar refractivity (Wildman–Crippen MR) is 77.9 cm³/mol. The van der Waals surface area contributed by atoms with Gasteiger partial charge in [-0.25, -0.2) is 8.78 Å². The summed E-state index contributed by atoms with van der Waals surface area (Å²) in [7, 11) is 0. The van der Waals surface area contributed by atoms with Gasteiger partial charge in [0.05, 0.1) is 6.07 Å². The van der Waals surface area contributed by atoms with Gasteiger partial charge in [0.25, 0.3) is 0 Å². The molecule has 0 aliphatic rings. The zero-order valence-electron chi connectivity index (χ0n) is 11.0. The fraction of sp³-hybridized carbons (Fsp3) is 0.125. The van der Waals surface area contributed by atoms with Gasteiger partial charge in [0, 0.05) is 16.1 Å². The second-order valence-corrected chi connectivity index (χ2v) is 5.50. The summed E-state index contributed by atoms with van der Waals surface area (Å²) in [5.41, 5.74) is 1.06. The van der Waals surface area contributed by atoms with Crippen molar-refractivity contribution in [2.75, 3.05) is 0 Å². The van der Waals surface area contributed by atoms with E-state index in [2.05, 4.69) is 15.9 Å². The van der Waals surface area contributed by atoms with Gasteiger partial charge in [0.2, 0.25) is 0 Å². The Balaban J connectivity index is 2.48. The van der Waals surface area contributed by atoms with E-state index in [-0.39, 0.29) is 5.56 Å². The highest BCUT2D eigenvalue weighted by Gasteiger charge is 2.24. The normalized spacial score (nSPS) is 11.8. The lowest BCUT2D eigenvalue weighted by atomic mass is 9.90. The monoisotopic (exact) mass is 349 g/mol. The van der Waals surface area contributed by atoms with Crippen molar-refractivity contribution in [2.45, 2.75) is 12.8 Å². The van der Waals surface area contributed by atoms with E-state index in [4.69, 9.17) is 0 Å². The van der Waals surface area contributed by atoms with Gasteiger partial charge >= 0.3 is 0 Å². The molecular weight excluding hydrogens is 340 g/mol. The van der Waals surface area contributed by atoms with Crippen LogP contribution >= 0.6 is 15.9 Å². The van der Waals surface area contributed by atoms with Gasteiger partial charge in [-0.05, 0) is 42.3 Å². The smallest absolute Gasteiger partial charge is 0.184 e. The average Bonchev–Trinajstić information content (AvgIpc) is 2.41. The molecule has 106 valence electrons. The first kappa shape index (κ1) is 15.3. The van der Waals surface area contributed by atoms with E-state index >= 15 is 0 Å². The zero-order valence-corrected chi connectivity index (χ0v) is 12.6. The molecule has 0 N–H and O–H groups in total. The van der Waals surface area contributed by atoms with E-state index < -0.39 is 23.3 Å². The largest absolute Gasteiger partial charge is 0.292 e. The zero-order chi connectivity index (χ0) is 15.6. The van der Waals surface area contributed by atoms with E-state index in [1.807, 2.05) is 6.07 Å². The minimum atomic E-state index is -1.25. The Morgan fingerprint density at radius 1 is 1.19 bits per heavy atom. The van der Waals surface area contributed by atoms with Crippen LogP contribution in [0.25, 0.3) is 0 Å². The Hall–Kier alpha value is -2.06. The van der Waals surface area contributed by atoms with Crippen LogP contribution in [0.2, 0.25) is 0 Å². The molecule has 0 bridgehead atoms. The number of aryl methyl sites for hydroxylation is 1. The first-order chi connectivity index (χ1) is 9.92. The van der Waals surface area contributed by atoms with Crippen LogP contribution in [-0.4, -0.2) is 5.78 Å². The SMILES string of the molecule is Cc1ccc(Br)cc1C(=O)C(C#N)c1cc(F)cc(F)c1. The van der Waals surface area contributed by atoms with Crippen molar-refractivity contribution in [1.29, 1.82) is 5.26 Å². The lowest BCUT2D eigenvalue weighted by molar-refractivity contribution is 0.0978. The number of benzene rings is 2. The van der Waals surface area contributed by atoms with Crippen LogP contribution in [0, 0.1) is 29.9 Å². The third kappa shape index (κ3) is 3.34. The standard InChI is InChI=1S/C16H10BrF2NO/c1-9-2-3-11(17)6-14(9)16(21)15(8-20)10-4-12(18)7-13(19)5-10/h2-7,15H,1H3. The average molecular weight is 350 g/mol. The number of Topliss-reactive ketones (excluding diaryl/α,β-unsaturated/α-hetero) is 1. The quantitative estimate of drug-likeness (QED) is 0.764. The predicted octanol–water partition coefficient (Wildman–Crippen LogP) is 4.53. The molecule has 1 atom stereocenters. The fourth-order valence-electron chi connectivity index (χ4n) is 2.04. The summed E-state index contributed by atoms with van der Waals surface area (Å²) >= 11 is 3.26. The van der Waals surface area contributed by atoms with Gasteiger partial charge in [-0.1, -0.05) is 22.0 Å². The first-order valence-corrected chi connectivity index (χ1v) is 6.87. The topological polar surface area (TPSA) is 40.9 Å². The van der Waals surface area contributed by atoms with Crippen molar-refractivity contribution in [3.63, 3.8) is 0 Å². The number of ketones is 1. The summed E-state index contributed by atoms with van der Waals surface area (Å²) < 4.78 is 27.2. The molecule has 2 rings (SSSR count). The van der Waals surface area contributed by atoms with Crippen molar-refractivity contribution in [3.8, 4) is 6.07 Å². The molecule has 0 saturated heterocycles. The fourth-order valence-corrected chi connectivity index (χ4v) is 2.40. The summed E-state index contributed by atoms with van der Waals surface area (Å²) in [6.07, 6.45) is 0. The van der Waals surface area contributed by atoms with Gasteiger partial charge < -0.3 is 0 Å². The first-order valence-electron chi connectivity index (χ1n) is 6.08. The minimum Gasteiger partial charge on any atom is -0.292 e. The Bertz CT molecular complexity index is 732. The van der Waals surface area contributed by atoms with Crippen LogP contribution in [0.15, 0.2) is 40.9 Å². The molecule has 0 aliphatic carbocycles. The molecule has 2 nitrogen and oxygen atoms in total. The van der Waals surface area contributed by atoms with Crippen LogP contribution in [0.1, 0.15) is 27.4 Å². The Morgan fingerprint density at radius 3 is 2.38 bits per heavy atom. The molecule has 0 aliphatic heterocycles. The van der Waals surface area contributed by atoms with Crippen molar-refractivity contribution < 1.29 is 13.6 Å². The lowest BCUT2D eigenvalue weighted by Gasteiger charge is -2.11. The van der Waals surface area contributed by atoms with Crippen molar-refractivity contribution in [1.82, 2.24) is 0 Å². The van der Waals surface area contributed by atoms with Crippen LogP contribution in [-0.2, 0) is 0 Å². The molecule has 0 amide bonds. The second kappa shape index (κ2) is 6.15. The van der Waals surface area contributed by atoms with Gasteiger partial charge in [-0.15, -0.1) is 0 Å². The maximum atomic E-state index is 13.3. The highest BCUT2D eigenvalue weighted by atomic mass is 79.9. The molecule has 21 heavy (non-hydrogen) atoms. The molecule has 0 aromatic heterocycles. The molecule has 5 heteroatoms. The third-order valence-corrected chi connectivity index (χ3v) is 3.57. The second-order valence-electron chi connectivity index (χ2n) is 4.59. The lowest BCUT2D eigenvalue weighted by Crippen LogP contribution is -2.13. The number of nitriles is 1. The molecule has 0 fully saturated rings. The van der Waals surface area contributed by atoms with E-state index in [9.17, 15) is 18.8 Å². The number of hydrogen-bond donors (Lipinski definition) is 0. The van der Waals surface area contributed by atoms with Gasteiger partial charge in [-0.2, -0.15) is 5.26 Å². The summed E-state index contributed by atoms with van der Waals surface area (Å²) in [6.45, 7) is 1.74. The highest BCUT2D eigenvalue weighted by molar-refractivity contribution is 9.10. The molecule has 2 aromatic rings. The minimum absolute atomic E-state index is 0.0133. The number of halogens is 3. The molecule has 0 radical (unpaired) electrons. The maximum Gasteiger partial charge on any atom is 0.184 e. The number of nitrogens with zero attached hydrogens (tertiary/aromatic N) is 1. The Kier molecular flexibility index (Phi) is 4.49. The number of carbonyl (C=O) groups excluding carboxylic acids is 1. The van der Waals surface area contributed by atoms with E-state index in [0.29, 0.717) is 21.7 Å². The summed E-state index contributed by atoms with van der Waals surface area (Å²) in [6, 6.07) is 9.63. The Labute approximate surface area is 129 Å². The van der Waals surface area contributed by atoms with E-state index in [1.54, 1.807) is 25.1 Å². The van der Waals surface area contributed by atoms with Crippen LogP contribution in [0.5, 0.6) is 0 Å². The molecule has 0 saturated carbocycles. The van der Waals surface area contributed by atoms with Gasteiger partial charge in [0.15, 0.2) is 5.78 Å². The Morgan fingerprint density at radius 2 is 1.81 bits per heavy atom. The number of hydrogen-bond acceptors (Lipinski definition) is 2. The summed E-state index contributed by atoms with van der Waals surface area (Å²) in [5.74, 6) is -3.36. The van der Waals surface area contributed by atoms with Crippen LogP contribution in [0.3, 0.4) is 0 Å². The van der Waals surface area contributed by atoms with Crippen LogP contribution in [0.4, 0.5) is 8.78 Å². The maximum absolute atomic E-state index is 13.3. The van der Waals surface area contributed by atoms with Crippen LogP contribution < -0.4 is 0 Å². The van der Waals surface area contributed by atoms with Gasteiger partial charge in [-0.3, -0.25) is 4.79 Å². The molecular formula is C16H10BrF2NO. The van der Waals surface area contributed by atoms with Crippen molar-refractivity contribution in [2.24, 2.45) is 0 Å². The molecule has 0 spiro atoms. The molecule has 1 unspecified atom stereocenters. The van der Waals surface area contributed by atoms with Crippen molar-refractivity contribution in [3.05, 3.63) is 69.2 Å². The number of carbonyl (C=O) groups is 1. The third-order valence-electron chi connectivity index (χ3n) is 3.07. The molecule has 2 aromatic carbocycles. The highest BCUT2D eigenvalue weighted by Crippen LogP contribution is 2.25. The summed E-state index contributed by atoms with van der Waals surface area (Å²) in [4.78, 5) is 12.5.